The number of anilines is 1. The van der Waals surface area contributed by atoms with Gasteiger partial charge < -0.3 is 10.2 Å². The Balaban J connectivity index is 1.38. The molecule has 3 fully saturated rings. The molecule has 3 aliphatic carbocycles. The van der Waals surface area contributed by atoms with Crippen molar-refractivity contribution in [3.63, 3.8) is 0 Å². The zero-order chi connectivity index (χ0) is 25.2. The third kappa shape index (κ3) is 3.72. The molecule has 1 N–H and O–H groups in total. The Morgan fingerprint density at radius 2 is 1.83 bits per heavy atom. The summed E-state index contributed by atoms with van der Waals surface area (Å²) in [7, 11) is 0. The number of hydrogen-bond acceptors (Lipinski definition) is 2. The number of nitrogens with zero attached hydrogens (tertiary/aromatic N) is 1. The van der Waals surface area contributed by atoms with Crippen molar-refractivity contribution in [2.75, 3.05) is 11.9 Å². The fourth-order valence-electron chi connectivity index (χ4n) is 8.46. The first-order valence-electron chi connectivity index (χ1n) is 13.0. The fraction of sp³-hybridized carbons (Fsp3) is 0.643. The Hall–Kier alpha value is -2.31. The Morgan fingerprint density at radius 1 is 1.09 bits per heavy atom. The van der Waals surface area contributed by atoms with E-state index in [0.29, 0.717) is 30.7 Å². The highest BCUT2D eigenvalue weighted by molar-refractivity contribution is 5.94. The van der Waals surface area contributed by atoms with Gasteiger partial charge in [-0.15, -0.1) is 0 Å². The molecule has 4 aliphatic rings. The van der Waals surface area contributed by atoms with Gasteiger partial charge >= 0.3 is 6.18 Å². The standard InChI is InChI=1S/C28H35F3N2O2/c1-4-33-23-12-9-17-18-10-11-21(25(35)32-22-8-6-5-7-20(22)28(29,30)31)26(18,2)15-13-19(17)27(23,3)16-14-24(33)34/h5-8,14,16-19,21,23H,4,9-13,15H2,1-3H3,(H,32,35)/t17-,18-,19+,21?,23?,26-,27+/m0/s1. The topological polar surface area (TPSA) is 49.4 Å². The molecule has 0 spiro atoms. The molecule has 0 aromatic heterocycles. The maximum absolute atomic E-state index is 13.5. The Labute approximate surface area is 205 Å². The van der Waals surface area contributed by atoms with Crippen LogP contribution in [0.25, 0.3) is 0 Å². The predicted octanol–water partition coefficient (Wildman–Crippen LogP) is 6.29. The summed E-state index contributed by atoms with van der Waals surface area (Å²) in [5.41, 5.74) is -1.25. The summed E-state index contributed by atoms with van der Waals surface area (Å²) in [6.07, 6.45) is 4.88. The second-order valence-corrected chi connectivity index (χ2v) is 11.5. The number of rotatable bonds is 3. The average molecular weight is 489 g/mol. The fourth-order valence-corrected chi connectivity index (χ4v) is 8.46. The maximum atomic E-state index is 13.5. The van der Waals surface area contributed by atoms with Crippen LogP contribution in [0.1, 0.15) is 64.9 Å². The van der Waals surface area contributed by atoms with Crippen molar-refractivity contribution >= 4 is 17.5 Å². The van der Waals surface area contributed by atoms with E-state index in [4.69, 9.17) is 0 Å². The number of carbonyl (C=O) groups excluding carboxylic acids is 2. The van der Waals surface area contributed by atoms with Gasteiger partial charge in [-0.25, -0.2) is 0 Å². The van der Waals surface area contributed by atoms with Gasteiger partial charge in [0.2, 0.25) is 11.8 Å². The number of nitrogens with one attached hydrogen (secondary N) is 1. The SMILES string of the molecule is CCN1C(=O)C=C[C@@]2(C)C1CC[C@@H]1[C@H]2CC[C@]2(C)C(C(=O)Nc3ccccc3C(F)(F)F)CC[C@@H]12. The van der Waals surface area contributed by atoms with E-state index in [9.17, 15) is 22.8 Å². The van der Waals surface area contributed by atoms with E-state index in [1.54, 1.807) is 6.08 Å². The number of carbonyl (C=O) groups is 2. The largest absolute Gasteiger partial charge is 0.418 e. The number of likely N-dealkylation sites (N-methyl/N-ethyl adjacent to an activating group) is 1. The molecule has 1 heterocycles. The minimum atomic E-state index is -4.51. The lowest BCUT2D eigenvalue weighted by Crippen LogP contribution is -2.60. The first kappa shape index (κ1) is 24.4. The Bertz CT molecular complexity index is 1050. The summed E-state index contributed by atoms with van der Waals surface area (Å²) in [6.45, 7) is 7.24. The van der Waals surface area contributed by atoms with Gasteiger partial charge in [-0.2, -0.15) is 13.2 Å². The van der Waals surface area contributed by atoms with Gasteiger partial charge in [-0.1, -0.05) is 32.1 Å². The second-order valence-electron chi connectivity index (χ2n) is 11.5. The third-order valence-electron chi connectivity index (χ3n) is 10.1. The van der Waals surface area contributed by atoms with Crippen molar-refractivity contribution in [3.05, 3.63) is 42.0 Å². The van der Waals surface area contributed by atoms with Gasteiger partial charge in [0.1, 0.15) is 0 Å². The second kappa shape index (κ2) is 8.38. The third-order valence-corrected chi connectivity index (χ3v) is 10.1. The molecule has 2 amide bonds. The van der Waals surface area contributed by atoms with Crippen LogP contribution >= 0.6 is 0 Å². The molecule has 2 unspecified atom stereocenters. The molecule has 1 aromatic carbocycles. The molecule has 35 heavy (non-hydrogen) atoms. The summed E-state index contributed by atoms with van der Waals surface area (Å²) < 4.78 is 40.4. The van der Waals surface area contributed by atoms with Crippen molar-refractivity contribution in [2.45, 2.75) is 71.5 Å². The molecule has 7 atom stereocenters. The first-order chi connectivity index (χ1) is 16.5. The quantitative estimate of drug-likeness (QED) is 0.544. The predicted molar refractivity (Wildman–Crippen MR) is 128 cm³/mol. The number of halogens is 3. The molecule has 4 nitrogen and oxygen atoms in total. The van der Waals surface area contributed by atoms with Gasteiger partial charge in [0.25, 0.3) is 0 Å². The van der Waals surface area contributed by atoms with E-state index >= 15 is 0 Å². The van der Waals surface area contributed by atoms with Gasteiger partial charge in [-0.3, -0.25) is 9.59 Å². The number of hydrogen-bond donors (Lipinski definition) is 1. The number of benzene rings is 1. The van der Waals surface area contributed by atoms with Crippen LogP contribution in [0.3, 0.4) is 0 Å². The minimum Gasteiger partial charge on any atom is -0.336 e. The van der Waals surface area contributed by atoms with Crippen LogP contribution in [0.5, 0.6) is 0 Å². The summed E-state index contributed by atoms with van der Waals surface area (Å²) in [5, 5.41) is 2.65. The molecule has 3 saturated carbocycles. The summed E-state index contributed by atoms with van der Waals surface area (Å²) in [4.78, 5) is 27.9. The van der Waals surface area contributed by atoms with Crippen LogP contribution in [0.4, 0.5) is 18.9 Å². The van der Waals surface area contributed by atoms with Crippen LogP contribution < -0.4 is 5.32 Å². The first-order valence-corrected chi connectivity index (χ1v) is 13.0. The highest BCUT2D eigenvalue weighted by atomic mass is 19.4. The summed E-state index contributed by atoms with van der Waals surface area (Å²) in [6, 6.07) is 5.44. The zero-order valence-corrected chi connectivity index (χ0v) is 20.7. The van der Waals surface area contributed by atoms with E-state index in [0.717, 1.165) is 38.2 Å². The molecule has 190 valence electrons. The molecular formula is C28H35F3N2O2. The molecule has 1 aromatic rings. The number of alkyl halides is 3. The number of para-hydroxylation sites is 1. The van der Waals surface area contributed by atoms with E-state index in [1.165, 1.54) is 18.2 Å². The molecule has 5 rings (SSSR count). The van der Waals surface area contributed by atoms with Gasteiger partial charge in [0.05, 0.1) is 11.3 Å². The van der Waals surface area contributed by atoms with Crippen LogP contribution in [-0.2, 0) is 15.8 Å². The van der Waals surface area contributed by atoms with E-state index in [-0.39, 0.29) is 40.3 Å². The Kier molecular flexibility index (Phi) is 5.84. The molecular weight excluding hydrogens is 453 g/mol. The van der Waals surface area contributed by atoms with Gasteiger partial charge in [0, 0.05) is 23.9 Å². The summed E-state index contributed by atoms with van der Waals surface area (Å²) in [5.74, 6) is 0.804. The van der Waals surface area contributed by atoms with Gasteiger partial charge in [-0.05, 0) is 86.8 Å². The minimum absolute atomic E-state index is 0.0693. The molecule has 7 heteroatoms. The number of fused-ring (bicyclic) bond motifs is 5. The monoisotopic (exact) mass is 488 g/mol. The van der Waals surface area contributed by atoms with Crippen LogP contribution in [0, 0.1) is 34.5 Å². The Morgan fingerprint density at radius 3 is 2.54 bits per heavy atom. The smallest absolute Gasteiger partial charge is 0.336 e. The van der Waals surface area contributed by atoms with E-state index < -0.39 is 11.7 Å². The average Bonchev–Trinajstić information content (AvgIpc) is 3.16. The molecule has 0 bridgehead atoms. The molecule has 0 saturated heterocycles. The highest BCUT2D eigenvalue weighted by Gasteiger charge is 2.61. The van der Waals surface area contributed by atoms with Crippen molar-refractivity contribution in [2.24, 2.45) is 34.5 Å². The highest BCUT2D eigenvalue weighted by Crippen LogP contribution is 2.65. The molecule has 1 aliphatic heterocycles. The summed E-state index contributed by atoms with van der Waals surface area (Å²) >= 11 is 0. The lowest BCUT2D eigenvalue weighted by molar-refractivity contribution is -0.143. The van der Waals surface area contributed by atoms with Crippen LogP contribution in [0.15, 0.2) is 36.4 Å². The van der Waals surface area contributed by atoms with Crippen molar-refractivity contribution in [3.8, 4) is 0 Å². The van der Waals surface area contributed by atoms with E-state index in [2.05, 4.69) is 25.2 Å². The maximum Gasteiger partial charge on any atom is 0.418 e. The van der Waals surface area contributed by atoms with E-state index in [1.807, 2.05) is 11.8 Å². The zero-order valence-electron chi connectivity index (χ0n) is 20.7. The lowest BCUT2D eigenvalue weighted by atomic mass is 9.47. The van der Waals surface area contributed by atoms with Crippen LogP contribution in [0.2, 0.25) is 0 Å². The molecule has 0 radical (unpaired) electrons. The van der Waals surface area contributed by atoms with Gasteiger partial charge in [0.15, 0.2) is 0 Å². The van der Waals surface area contributed by atoms with Crippen LogP contribution in [-0.4, -0.2) is 29.3 Å². The van der Waals surface area contributed by atoms with Crippen molar-refractivity contribution in [1.82, 2.24) is 4.90 Å². The number of amides is 2. The normalized spacial score (nSPS) is 38.5. The van der Waals surface area contributed by atoms with Crippen molar-refractivity contribution < 1.29 is 22.8 Å². The lowest BCUT2D eigenvalue weighted by Gasteiger charge is -2.60. The van der Waals surface area contributed by atoms with Crippen molar-refractivity contribution in [1.29, 1.82) is 0 Å².